The van der Waals surface area contributed by atoms with Crippen LogP contribution >= 0.6 is 12.6 Å². The van der Waals surface area contributed by atoms with Gasteiger partial charge in [-0.2, -0.15) is 12.6 Å². The lowest BCUT2D eigenvalue weighted by molar-refractivity contribution is -0.0247. The maximum absolute atomic E-state index is 4.52. The van der Waals surface area contributed by atoms with E-state index >= 15 is 0 Å². The molecule has 0 nitrogen and oxygen atoms in total. The van der Waals surface area contributed by atoms with Crippen molar-refractivity contribution >= 4 is 12.6 Å². The zero-order valence-corrected chi connectivity index (χ0v) is 8.20. The minimum absolute atomic E-state index is 0.492. The first-order valence-electron chi connectivity index (χ1n) is 4.40. The Balaban J connectivity index is 2.23. The van der Waals surface area contributed by atoms with Crippen LogP contribution in [0, 0.1) is 17.3 Å². The Hall–Kier alpha value is 0.0900. The van der Waals surface area contributed by atoms with Gasteiger partial charge in [0.15, 0.2) is 0 Å². The average Bonchev–Trinajstić information content (AvgIpc) is 1.93. The lowest BCUT2D eigenvalue weighted by Gasteiger charge is -2.59. The molecule has 62 valence electrons. The summed E-state index contributed by atoms with van der Waals surface area (Å²) in [5, 5.41) is 0.492. The fourth-order valence-electron chi connectivity index (χ4n) is 2.70. The van der Waals surface area contributed by atoms with Gasteiger partial charge in [-0.25, -0.2) is 0 Å². The summed E-state index contributed by atoms with van der Waals surface area (Å²) >= 11 is 4.52. The van der Waals surface area contributed by atoms with Crippen LogP contribution in [-0.4, -0.2) is 5.25 Å². The molecule has 0 spiro atoms. The molecule has 3 saturated carbocycles. The Labute approximate surface area is 74.5 Å². The van der Waals surface area contributed by atoms with E-state index < -0.39 is 0 Å². The predicted octanol–water partition coefficient (Wildman–Crippen LogP) is 2.91. The number of rotatable bonds is 0. The van der Waals surface area contributed by atoms with E-state index in [0.717, 1.165) is 11.8 Å². The second-order valence-electron chi connectivity index (χ2n) is 4.63. The van der Waals surface area contributed by atoms with E-state index in [1.165, 1.54) is 18.4 Å². The highest BCUT2D eigenvalue weighted by molar-refractivity contribution is 7.81. The molecule has 3 aliphatic carbocycles. The third-order valence-electron chi connectivity index (χ3n) is 3.85. The molecule has 3 atom stereocenters. The Kier molecular flexibility index (Phi) is 1.45. The van der Waals surface area contributed by atoms with Crippen molar-refractivity contribution in [1.82, 2.24) is 0 Å². The second-order valence-corrected chi connectivity index (χ2v) is 5.26. The minimum Gasteiger partial charge on any atom is -0.171 e. The van der Waals surface area contributed by atoms with Crippen LogP contribution < -0.4 is 0 Å². The topological polar surface area (TPSA) is 0 Å². The van der Waals surface area contributed by atoms with Crippen molar-refractivity contribution < 1.29 is 0 Å². The van der Waals surface area contributed by atoms with Crippen molar-refractivity contribution in [3.05, 3.63) is 12.2 Å². The molecule has 3 rings (SSSR count). The first-order valence-corrected chi connectivity index (χ1v) is 4.92. The summed E-state index contributed by atoms with van der Waals surface area (Å²) in [5.41, 5.74) is 1.93. The molecule has 3 aliphatic rings. The Morgan fingerprint density at radius 2 is 2.09 bits per heavy atom. The van der Waals surface area contributed by atoms with E-state index in [1.807, 2.05) is 0 Å². The van der Waals surface area contributed by atoms with Gasteiger partial charge >= 0.3 is 0 Å². The summed E-state index contributed by atoms with van der Waals surface area (Å²) in [5.74, 6) is 1.68. The first kappa shape index (κ1) is 7.72. The van der Waals surface area contributed by atoms with Crippen LogP contribution in [0.1, 0.15) is 26.7 Å². The van der Waals surface area contributed by atoms with Gasteiger partial charge in [0.25, 0.3) is 0 Å². The SMILES string of the molecule is C=C1C(S)CC2CC1C2(C)C. The molecule has 0 saturated heterocycles. The van der Waals surface area contributed by atoms with Gasteiger partial charge in [-0.3, -0.25) is 0 Å². The third kappa shape index (κ3) is 0.837. The Morgan fingerprint density at radius 3 is 2.45 bits per heavy atom. The van der Waals surface area contributed by atoms with Crippen molar-refractivity contribution in [2.45, 2.75) is 31.9 Å². The fourth-order valence-corrected chi connectivity index (χ4v) is 3.13. The monoisotopic (exact) mass is 168 g/mol. The van der Waals surface area contributed by atoms with Crippen LogP contribution in [0.2, 0.25) is 0 Å². The van der Waals surface area contributed by atoms with Gasteiger partial charge in [-0.1, -0.05) is 26.0 Å². The molecule has 0 aromatic carbocycles. The van der Waals surface area contributed by atoms with Crippen molar-refractivity contribution in [2.75, 3.05) is 0 Å². The summed E-state index contributed by atoms with van der Waals surface area (Å²) in [6.45, 7) is 8.88. The van der Waals surface area contributed by atoms with E-state index in [2.05, 4.69) is 33.1 Å². The van der Waals surface area contributed by atoms with Gasteiger partial charge in [-0.15, -0.1) is 0 Å². The number of thiol groups is 1. The minimum atomic E-state index is 0.492. The predicted molar refractivity (Wildman–Crippen MR) is 51.9 cm³/mol. The summed E-state index contributed by atoms with van der Waals surface area (Å²) in [6, 6.07) is 0. The van der Waals surface area contributed by atoms with E-state index in [4.69, 9.17) is 0 Å². The maximum Gasteiger partial charge on any atom is 0.0229 e. The molecule has 0 aromatic rings. The maximum atomic E-state index is 4.52. The number of fused-ring (bicyclic) bond motifs is 2. The highest BCUT2D eigenvalue weighted by Gasteiger charge is 2.53. The van der Waals surface area contributed by atoms with E-state index in [9.17, 15) is 0 Å². The summed E-state index contributed by atoms with van der Waals surface area (Å²) in [4.78, 5) is 0. The van der Waals surface area contributed by atoms with Gasteiger partial charge < -0.3 is 0 Å². The molecule has 3 unspecified atom stereocenters. The van der Waals surface area contributed by atoms with Crippen LogP contribution in [0.15, 0.2) is 12.2 Å². The molecule has 1 heteroatoms. The average molecular weight is 168 g/mol. The largest absolute Gasteiger partial charge is 0.171 e. The van der Waals surface area contributed by atoms with Crippen molar-refractivity contribution in [3.63, 3.8) is 0 Å². The molecular formula is C10H16S. The standard InChI is InChI=1S/C10H16S/c1-6-8-4-7(5-9(6)11)10(8,2)3/h7-9,11H,1,4-5H2,2-3H3. The highest BCUT2D eigenvalue weighted by atomic mass is 32.1. The van der Waals surface area contributed by atoms with Gasteiger partial charge in [0.1, 0.15) is 0 Å². The van der Waals surface area contributed by atoms with Crippen molar-refractivity contribution in [1.29, 1.82) is 0 Å². The molecule has 0 amide bonds. The fraction of sp³-hybridized carbons (Fsp3) is 0.800. The third-order valence-corrected chi connectivity index (χ3v) is 4.40. The lowest BCUT2D eigenvalue weighted by Crippen LogP contribution is -2.52. The summed E-state index contributed by atoms with van der Waals surface area (Å²) in [6.07, 6.45) is 2.63. The number of hydrogen-bond acceptors (Lipinski definition) is 1. The van der Waals surface area contributed by atoms with Gasteiger partial charge in [0, 0.05) is 5.25 Å². The molecule has 0 N–H and O–H groups in total. The summed E-state index contributed by atoms with van der Waals surface area (Å²) in [7, 11) is 0. The van der Waals surface area contributed by atoms with E-state index in [0.29, 0.717) is 10.7 Å². The highest BCUT2D eigenvalue weighted by Crippen LogP contribution is 2.61. The normalized spacial score (nSPS) is 46.8. The van der Waals surface area contributed by atoms with E-state index in [1.54, 1.807) is 0 Å². The van der Waals surface area contributed by atoms with E-state index in [-0.39, 0.29) is 0 Å². The van der Waals surface area contributed by atoms with Crippen LogP contribution in [0.3, 0.4) is 0 Å². The van der Waals surface area contributed by atoms with Crippen molar-refractivity contribution in [3.8, 4) is 0 Å². The Morgan fingerprint density at radius 1 is 1.45 bits per heavy atom. The Bertz CT molecular complexity index is 205. The first-order chi connectivity index (χ1) is 5.03. The molecule has 0 aromatic heterocycles. The molecule has 0 radical (unpaired) electrons. The zero-order chi connectivity index (χ0) is 8.22. The van der Waals surface area contributed by atoms with Gasteiger partial charge in [0.05, 0.1) is 0 Å². The van der Waals surface area contributed by atoms with Crippen LogP contribution in [0.25, 0.3) is 0 Å². The van der Waals surface area contributed by atoms with Crippen LogP contribution in [-0.2, 0) is 0 Å². The number of hydrogen-bond donors (Lipinski definition) is 1. The zero-order valence-electron chi connectivity index (χ0n) is 7.30. The van der Waals surface area contributed by atoms with Crippen LogP contribution in [0.4, 0.5) is 0 Å². The molecule has 11 heavy (non-hydrogen) atoms. The molecule has 0 aliphatic heterocycles. The van der Waals surface area contributed by atoms with Gasteiger partial charge in [0.2, 0.25) is 0 Å². The van der Waals surface area contributed by atoms with Crippen LogP contribution in [0.5, 0.6) is 0 Å². The smallest absolute Gasteiger partial charge is 0.0229 e. The molecular weight excluding hydrogens is 152 g/mol. The summed E-state index contributed by atoms with van der Waals surface area (Å²) < 4.78 is 0. The molecule has 3 fully saturated rings. The van der Waals surface area contributed by atoms with Gasteiger partial charge in [-0.05, 0) is 30.1 Å². The lowest BCUT2D eigenvalue weighted by atomic mass is 9.47. The second kappa shape index (κ2) is 2.07. The quantitative estimate of drug-likeness (QED) is 0.417. The molecule has 0 heterocycles. The molecule has 2 bridgehead atoms. The van der Waals surface area contributed by atoms with Crippen molar-refractivity contribution in [2.24, 2.45) is 17.3 Å².